The van der Waals surface area contributed by atoms with E-state index in [-0.39, 0.29) is 5.97 Å². The Balaban J connectivity index is 2.25. The molecular weight excluding hydrogens is 242 g/mol. The highest BCUT2D eigenvalue weighted by Crippen LogP contribution is 2.34. The van der Waals surface area contributed by atoms with Gasteiger partial charge in [-0.15, -0.1) is 0 Å². The third kappa shape index (κ3) is 3.05. The lowest BCUT2D eigenvalue weighted by atomic mass is 9.94. The zero-order valence-electron chi connectivity index (χ0n) is 11.7. The van der Waals surface area contributed by atoms with Crippen LogP contribution in [0.25, 0.3) is 0 Å². The highest BCUT2D eigenvalue weighted by atomic mass is 16.5. The van der Waals surface area contributed by atoms with Crippen LogP contribution in [0.15, 0.2) is 12.1 Å². The van der Waals surface area contributed by atoms with Gasteiger partial charge in [-0.05, 0) is 29.0 Å². The summed E-state index contributed by atoms with van der Waals surface area (Å²) in [6.07, 6.45) is 1.11. The van der Waals surface area contributed by atoms with Crippen molar-refractivity contribution in [3.05, 3.63) is 28.8 Å². The third-order valence-electron chi connectivity index (χ3n) is 3.37. The summed E-state index contributed by atoms with van der Waals surface area (Å²) in [4.78, 5) is 11.2. The first kappa shape index (κ1) is 13.8. The van der Waals surface area contributed by atoms with Crippen LogP contribution in [0.5, 0.6) is 0 Å². The van der Waals surface area contributed by atoms with Crippen molar-refractivity contribution in [1.82, 2.24) is 5.12 Å². The minimum Gasteiger partial charge on any atom is -0.469 e. The van der Waals surface area contributed by atoms with E-state index < -0.39 is 0 Å². The number of fused-ring (bicyclic) bond motifs is 1. The van der Waals surface area contributed by atoms with Crippen LogP contribution in [0.2, 0.25) is 0 Å². The van der Waals surface area contributed by atoms with E-state index in [1.807, 2.05) is 0 Å². The second-order valence-corrected chi connectivity index (χ2v) is 5.19. The van der Waals surface area contributed by atoms with Gasteiger partial charge < -0.3 is 10.2 Å². The van der Waals surface area contributed by atoms with Crippen molar-refractivity contribution in [2.75, 3.05) is 12.5 Å². The predicted octanol–water partition coefficient (Wildman–Crippen LogP) is 1.93. The van der Waals surface area contributed by atoms with Crippen molar-refractivity contribution in [2.45, 2.75) is 39.2 Å². The van der Waals surface area contributed by atoms with E-state index in [0.29, 0.717) is 25.3 Å². The van der Waals surface area contributed by atoms with Gasteiger partial charge in [-0.25, -0.2) is 0 Å². The van der Waals surface area contributed by atoms with Gasteiger partial charge in [-0.1, -0.05) is 26.0 Å². The summed E-state index contributed by atoms with van der Waals surface area (Å²) in [6, 6.07) is 4.27. The molecule has 0 amide bonds. The summed E-state index contributed by atoms with van der Waals surface area (Å²) < 4.78 is 4.68. The van der Waals surface area contributed by atoms with Crippen LogP contribution >= 0.6 is 0 Å². The molecule has 1 heterocycles. The van der Waals surface area contributed by atoms with E-state index in [1.165, 1.54) is 18.2 Å². The van der Waals surface area contributed by atoms with Crippen LogP contribution < -0.4 is 11.3 Å². The molecule has 5 nitrogen and oxygen atoms in total. The standard InChI is InChI=1S/C14H21N3O2/c1-9(2)12-7-10(4-5-13(18)19-3)6-11-8-17(15)16-14(11)12/h6-7,9,16H,4-5,8,15H2,1-3H3. The predicted molar refractivity (Wildman–Crippen MR) is 74.2 cm³/mol. The number of ether oxygens (including phenoxy) is 1. The SMILES string of the molecule is COC(=O)CCc1cc2c(c(C(C)C)c1)NN(N)C2. The number of hydrogen-bond acceptors (Lipinski definition) is 5. The first-order chi connectivity index (χ1) is 9.01. The quantitative estimate of drug-likeness (QED) is 0.642. The molecule has 0 bridgehead atoms. The molecule has 1 aliphatic heterocycles. The van der Waals surface area contributed by atoms with Gasteiger partial charge in [0.05, 0.1) is 19.3 Å². The maximum Gasteiger partial charge on any atom is 0.305 e. The summed E-state index contributed by atoms with van der Waals surface area (Å²) >= 11 is 0. The number of carbonyl (C=O) groups is 1. The van der Waals surface area contributed by atoms with E-state index in [0.717, 1.165) is 11.3 Å². The molecule has 0 saturated carbocycles. The second-order valence-electron chi connectivity index (χ2n) is 5.19. The van der Waals surface area contributed by atoms with Crippen LogP contribution in [0.1, 0.15) is 42.9 Å². The molecule has 1 aromatic carbocycles. The average Bonchev–Trinajstić information content (AvgIpc) is 2.74. The molecule has 104 valence electrons. The van der Waals surface area contributed by atoms with Crippen LogP contribution in [0.3, 0.4) is 0 Å². The Morgan fingerprint density at radius 1 is 1.53 bits per heavy atom. The fraction of sp³-hybridized carbons (Fsp3) is 0.500. The number of hydrogen-bond donors (Lipinski definition) is 2. The molecule has 0 saturated heterocycles. The number of benzene rings is 1. The number of hydrazine groups is 2. The molecule has 2 rings (SSSR count). The smallest absolute Gasteiger partial charge is 0.305 e. The monoisotopic (exact) mass is 263 g/mol. The number of methoxy groups -OCH3 is 1. The average molecular weight is 263 g/mol. The maximum absolute atomic E-state index is 11.2. The van der Waals surface area contributed by atoms with Crippen molar-refractivity contribution in [3.63, 3.8) is 0 Å². The molecule has 0 unspecified atom stereocenters. The van der Waals surface area contributed by atoms with Gasteiger partial charge in [0.1, 0.15) is 0 Å². The summed E-state index contributed by atoms with van der Waals surface area (Å²) in [5.41, 5.74) is 7.87. The molecule has 19 heavy (non-hydrogen) atoms. The largest absolute Gasteiger partial charge is 0.469 e. The summed E-state index contributed by atoms with van der Waals surface area (Å²) in [5, 5.41) is 1.58. The molecule has 0 radical (unpaired) electrons. The Hall–Kier alpha value is -1.59. The van der Waals surface area contributed by atoms with E-state index in [2.05, 4.69) is 36.1 Å². The van der Waals surface area contributed by atoms with E-state index in [9.17, 15) is 4.79 Å². The molecule has 0 atom stereocenters. The molecule has 0 fully saturated rings. The highest BCUT2D eigenvalue weighted by Gasteiger charge is 2.21. The van der Waals surface area contributed by atoms with Crippen molar-refractivity contribution >= 4 is 11.7 Å². The van der Waals surface area contributed by atoms with E-state index >= 15 is 0 Å². The number of rotatable bonds is 4. The molecule has 0 aliphatic carbocycles. The van der Waals surface area contributed by atoms with Gasteiger partial charge in [-0.3, -0.25) is 10.6 Å². The van der Waals surface area contributed by atoms with Crippen molar-refractivity contribution < 1.29 is 9.53 Å². The number of nitrogens with two attached hydrogens (primary N) is 1. The molecule has 3 N–H and O–H groups in total. The lowest BCUT2D eigenvalue weighted by Crippen LogP contribution is -2.30. The second kappa shape index (κ2) is 5.59. The minimum atomic E-state index is -0.176. The Bertz CT molecular complexity index is 486. The van der Waals surface area contributed by atoms with Gasteiger partial charge in [0, 0.05) is 6.42 Å². The molecule has 1 aromatic rings. The van der Waals surface area contributed by atoms with Crippen LogP contribution in [0.4, 0.5) is 5.69 Å². The molecule has 5 heteroatoms. The fourth-order valence-corrected chi connectivity index (χ4v) is 2.37. The zero-order valence-corrected chi connectivity index (χ0v) is 11.7. The lowest BCUT2D eigenvalue weighted by molar-refractivity contribution is -0.140. The molecule has 0 aromatic heterocycles. The topological polar surface area (TPSA) is 67.6 Å². The zero-order chi connectivity index (χ0) is 14.0. The number of aryl methyl sites for hydroxylation is 1. The van der Waals surface area contributed by atoms with Gasteiger partial charge in [0.2, 0.25) is 0 Å². The highest BCUT2D eigenvalue weighted by molar-refractivity contribution is 5.70. The number of carbonyl (C=O) groups excluding carboxylic acids is 1. The summed E-state index contributed by atoms with van der Waals surface area (Å²) in [7, 11) is 1.42. The molecule has 1 aliphatic rings. The van der Waals surface area contributed by atoms with Crippen LogP contribution in [0, 0.1) is 0 Å². The first-order valence-electron chi connectivity index (χ1n) is 6.52. The first-order valence-corrected chi connectivity index (χ1v) is 6.52. The maximum atomic E-state index is 11.2. The minimum absolute atomic E-state index is 0.176. The fourth-order valence-electron chi connectivity index (χ4n) is 2.37. The summed E-state index contributed by atoms with van der Waals surface area (Å²) in [6.45, 7) is 4.99. The Kier molecular flexibility index (Phi) is 4.07. The third-order valence-corrected chi connectivity index (χ3v) is 3.37. The van der Waals surface area contributed by atoms with Crippen molar-refractivity contribution in [1.29, 1.82) is 0 Å². The number of esters is 1. The lowest BCUT2D eigenvalue weighted by Gasteiger charge is -2.15. The number of anilines is 1. The van der Waals surface area contributed by atoms with Crippen molar-refractivity contribution in [2.24, 2.45) is 5.84 Å². The van der Waals surface area contributed by atoms with E-state index in [4.69, 9.17) is 5.84 Å². The Morgan fingerprint density at radius 2 is 2.26 bits per heavy atom. The Morgan fingerprint density at radius 3 is 2.89 bits per heavy atom. The number of nitrogens with zero attached hydrogens (tertiary/aromatic N) is 1. The molecular formula is C14H21N3O2. The van der Waals surface area contributed by atoms with Crippen LogP contribution in [-0.4, -0.2) is 18.2 Å². The van der Waals surface area contributed by atoms with Crippen LogP contribution in [-0.2, 0) is 22.5 Å². The van der Waals surface area contributed by atoms with Gasteiger partial charge in [0.25, 0.3) is 0 Å². The van der Waals surface area contributed by atoms with E-state index in [1.54, 1.807) is 5.12 Å². The van der Waals surface area contributed by atoms with Gasteiger partial charge in [-0.2, -0.15) is 5.12 Å². The van der Waals surface area contributed by atoms with Gasteiger partial charge >= 0.3 is 5.97 Å². The van der Waals surface area contributed by atoms with Crippen molar-refractivity contribution in [3.8, 4) is 0 Å². The molecule has 0 spiro atoms. The number of nitrogens with one attached hydrogen (secondary N) is 1. The Labute approximate surface area is 113 Å². The summed E-state index contributed by atoms with van der Waals surface area (Å²) in [5.74, 6) is 6.03. The normalized spacial score (nSPS) is 14.4. The van der Waals surface area contributed by atoms with Gasteiger partial charge in [0.15, 0.2) is 0 Å².